The van der Waals surface area contributed by atoms with E-state index in [2.05, 4.69) is 5.32 Å². The van der Waals surface area contributed by atoms with Gasteiger partial charge in [0.2, 0.25) is 0 Å². The minimum Gasteiger partial charge on any atom is -0.396 e. The largest absolute Gasteiger partial charge is 0.396 e. The van der Waals surface area contributed by atoms with Crippen molar-refractivity contribution >= 4 is 0 Å². The summed E-state index contributed by atoms with van der Waals surface area (Å²) in [4.78, 5) is 0. The normalized spacial score (nSPS) is 12.0. The summed E-state index contributed by atoms with van der Waals surface area (Å²) in [7, 11) is 1.68. The molecule has 0 heterocycles. The van der Waals surface area contributed by atoms with Gasteiger partial charge in [0.05, 0.1) is 6.61 Å². The first kappa shape index (κ1) is 10.9. The van der Waals surface area contributed by atoms with Crippen molar-refractivity contribution in [1.82, 2.24) is 5.32 Å². The Morgan fingerprint density at radius 2 is 2.09 bits per heavy atom. The highest BCUT2D eigenvalue weighted by molar-refractivity contribution is 4.69. The number of aliphatic hydroxyl groups excluding tert-OH is 1. The number of hydrogen-bond acceptors (Lipinski definition) is 3. The summed E-state index contributed by atoms with van der Waals surface area (Å²) in [5.41, 5.74) is -0.0201. The molecule has 68 valence electrons. The lowest BCUT2D eigenvalue weighted by atomic mass is 9.95. The Morgan fingerprint density at radius 1 is 1.45 bits per heavy atom. The fraction of sp³-hybridized carbons (Fsp3) is 1.00. The van der Waals surface area contributed by atoms with Crippen LogP contribution in [0.2, 0.25) is 0 Å². The fourth-order valence-electron chi connectivity index (χ4n) is 0.657. The summed E-state index contributed by atoms with van der Waals surface area (Å²) in [5, 5.41) is 12.1. The minimum atomic E-state index is -0.0201. The Labute approximate surface area is 68.8 Å². The van der Waals surface area contributed by atoms with Crippen LogP contribution >= 0.6 is 0 Å². The van der Waals surface area contributed by atoms with E-state index in [1.165, 1.54) is 0 Å². The zero-order valence-electron chi connectivity index (χ0n) is 7.68. The maximum Gasteiger partial charge on any atom is 0.0587 e. The topological polar surface area (TPSA) is 41.5 Å². The molecular weight excluding hydrogens is 142 g/mol. The summed E-state index contributed by atoms with van der Waals surface area (Å²) in [6.45, 7) is 6.65. The van der Waals surface area contributed by atoms with Gasteiger partial charge in [-0.1, -0.05) is 13.8 Å². The fourth-order valence-corrected chi connectivity index (χ4v) is 0.657. The number of rotatable bonds is 6. The maximum absolute atomic E-state index is 8.88. The first-order valence-corrected chi connectivity index (χ1v) is 3.93. The van der Waals surface area contributed by atoms with E-state index in [0.717, 1.165) is 19.7 Å². The summed E-state index contributed by atoms with van der Waals surface area (Å²) < 4.78 is 4.87. The second-order valence-corrected chi connectivity index (χ2v) is 3.49. The van der Waals surface area contributed by atoms with E-state index in [1.54, 1.807) is 7.11 Å². The van der Waals surface area contributed by atoms with Crippen LogP contribution in [0.4, 0.5) is 0 Å². The molecule has 0 unspecified atom stereocenters. The predicted octanol–water partition coefficient (Wildman–Crippen LogP) is 0.241. The Bertz CT molecular complexity index is 94.1. The van der Waals surface area contributed by atoms with Gasteiger partial charge in [-0.15, -0.1) is 0 Å². The molecule has 0 aromatic heterocycles. The third kappa shape index (κ3) is 6.28. The van der Waals surface area contributed by atoms with Gasteiger partial charge < -0.3 is 15.2 Å². The van der Waals surface area contributed by atoms with Crippen LogP contribution in [0.25, 0.3) is 0 Å². The second-order valence-electron chi connectivity index (χ2n) is 3.49. The van der Waals surface area contributed by atoms with Gasteiger partial charge in [0.15, 0.2) is 0 Å². The molecule has 0 saturated heterocycles. The summed E-state index contributed by atoms with van der Waals surface area (Å²) in [6.07, 6.45) is 0. The highest BCUT2D eigenvalue weighted by Crippen LogP contribution is 2.10. The van der Waals surface area contributed by atoms with E-state index in [-0.39, 0.29) is 12.0 Å². The molecule has 0 atom stereocenters. The lowest BCUT2D eigenvalue weighted by Gasteiger charge is -2.21. The Morgan fingerprint density at radius 3 is 2.55 bits per heavy atom. The average molecular weight is 161 g/mol. The van der Waals surface area contributed by atoms with Crippen molar-refractivity contribution in [3.05, 3.63) is 0 Å². The van der Waals surface area contributed by atoms with Crippen LogP contribution in [-0.2, 0) is 4.74 Å². The van der Waals surface area contributed by atoms with Gasteiger partial charge >= 0.3 is 0 Å². The molecule has 0 fully saturated rings. The van der Waals surface area contributed by atoms with Crippen molar-refractivity contribution < 1.29 is 9.84 Å². The molecule has 0 aliphatic heterocycles. The molecule has 0 bridgehead atoms. The molecular formula is C8H19NO2. The van der Waals surface area contributed by atoms with Crippen LogP contribution < -0.4 is 5.32 Å². The van der Waals surface area contributed by atoms with E-state index in [0.29, 0.717) is 0 Å². The van der Waals surface area contributed by atoms with Gasteiger partial charge in [-0.2, -0.15) is 0 Å². The average Bonchev–Trinajstić information content (AvgIpc) is 1.99. The summed E-state index contributed by atoms with van der Waals surface area (Å²) in [6, 6.07) is 0. The number of hydrogen-bond donors (Lipinski definition) is 2. The van der Waals surface area contributed by atoms with Gasteiger partial charge in [0, 0.05) is 32.2 Å². The van der Waals surface area contributed by atoms with Crippen LogP contribution in [-0.4, -0.2) is 38.5 Å². The van der Waals surface area contributed by atoms with E-state index < -0.39 is 0 Å². The Balaban J connectivity index is 3.23. The smallest absolute Gasteiger partial charge is 0.0587 e. The lowest BCUT2D eigenvalue weighted by molar-refractivity contribution is 0.149. The number of ether oxygens (including phenoxy) is 1. The van der Waals surface area contributed by atoms with E-state index in [4.69, 9.17) is 9.84 Å². The highest BCUT2D eigenvalue weighted by atomic mass is 16.5. The second kappa shape index (κ2) is 5.52. The zero-order valence-corrected chi connectivity index (χ0v) is 7.68. The SMILES string of the molecule is COCCNCC(C)(C)CO. The van der Waals surface area contributed by atoms with Crippen LogP contribution in [0.1, 0.15) is 13.8 Å². The quantitative estimate of drug-likeness (QED) is 0.548. The number of aliphatic hydroxyl groups is 1. The van der Waals surface area contributed by atoms with Crippen molar-refractivity contribution in [3.63, 3.8) is 0 Å². The van der Waals surface area contributed by atoms with Crippen molar-refractivity contribution in [2.75, 3.05) is 33.4 Å². The lowest BCUT2D eigenvalue weighted by Crippen LogP contribution is -2.33. The van der Waals surface area contributed by atoms with E-state index in [1.807, 2.05) is 13.8 Å². The molecule has 0 aliphatic rings. The highest BCUT2D eigenvalue weighted by Gasteiger charge is 2.14. The van der Waals surface area contributed by atoms with Crippen LogP contribution in [0.5, 0.6) is 0 Å². The van der Waals surface area contributed by atoms with Gasteiger partial charge in [0.25, 0.3) is 0 Å². The zero-order chi connectivity index (χ0) is 8.74. The summed E-state index contributed by atoms with van der Waals surface area (Å²) >= 11 is 0. The number of methoxy groups -OCH3 is 1. The first-order chi connectivity index (χ1) is 5.12. The van der Waals surface area contributed by atoms with Crippen molar-refractivity contribution in [1.29, 1.82) is 0 Å². The molecule has 0 amide bonds. The monoisotopic (exact) mass is 161 g/mol. The molecule has 0 radical (unpaired) electrons. The third-order valence-corrected chi connectivity index (χ3v) is 1.51. The standard InChI is InChI=1S/C8H19NO2/c1-8(2,7-10)6-9-4-5-11-3/h9-10H,4-7H2,1-3H3. The molecule has 0 saturated carbocycles. The Hall–Kier alpha value is -0.120. The van der Waals surface area contributed by atoms with Crippen molar-refractivity contribution in [3.8, 4) is 0 Å². The van der Waals surface area contributed by atoms with Crippen molar-refractivity contribution in [2.24, 2.45) is 5.41 Å². The molecule has 3 heteroatoms. The molecule has 0 rings (SSSR count). The van der Waals surface area contributed by atoms with Crippen molar-refractivity contribution in [2.45, 2.75) is 13.8 Å². The van der Waals surface area contributed by atoms with E-state index in [9.17, 15) is 0 Å². The molecule has 0 spiro atoms. The summed E-state index contributed by atoms with van der Waals surface area (Å²) in [5.74, 6) is 0. The van der Waals surface area contributed by atoms with Gasteiger partial charge in [-0.3, -0.25) is 0 Å². The molecule has 0 aromatic carbocycles. The Kier molecular flexibility index (Phi) is 5.46. The molecule has 11 heavy (non-hydrogen) atoms. The van der Waals surface area contributed by atoms with Crippen LogP contribution in [0.3, 0.4) is 0 Å². The maximum atomic E-state index is 8.88. The molecule has 0 aromatic rings. The number of nitrogens with one attached hydrogen (secondary N) is 1. The van der Waals surface area contributed by atoms with Gasteiger partial charge in [0.1, 0.15) is 0 Å². The molecule has 2 N–H and O–H groups in total. The van der Waals surface area contributed by atoms with Gasteiger partial charge in [-0.25, -0.2) is 0 Å². The van der Waals surface area contributed by atoms with E-state index >= 15 is 0 Å². The van der Waals surface area contributed by atoms with Gasteiger partial charge in [-0.05, 0) is 0 Å². The third-order valence-electron chi connectivity index (χ3n) is 1.51. The molecule has 0 aliphatic carbocycles. The van der Waals surface area contributed by atoms with Crippen LogP contribution in [0.15, 0.2) is 0 Å². The predicted molar refractivity (Wildman–Crippen MR) is 45.6 cm³/mol. The van der Waals surface area contributed by atoms with Crippen LogP contribution in [0, 0.1) is 5.41 Å². The molecule has 3 nitrogen and oxygen atoms in total. The minimum absolute atomic E-state index is 0.0201. The first-order valence-electron chi connectivity index (χ1n) is 3.93.